The van der Waals surface area contributed by atoms with Gasteiger partial charge in [0.2, 0.25) is 0 Å². The van der Waals surface area contributed by atoms with Gasteiger partial charge in [0.1, 0.15) is 6.17 Å². The number of rotatable bonds is 1. The quantitative estimate of drug-likeness (QED) is 0.518. The van der Waals surface area contributed by atoms with Crippen LogP contribution in [0.5, 0.6) is 0 Å². The lowest BCUT2D eigenvalue weighted by atomic mass is 10.1. The smallest absolute Gasteiger partial charge is 0.117 e. The lowest BCUT2D eigenvalue weighted by molar-refractivity contribution is 0.274. The molecule has 1 heterocycles. The van der Waals surface area contributed by atoms with Crippen LogP contribution in [-0.4, -0.2) is 31.2 Å². The molecule has 0 unspecified atom stereocenters. The summed E-state index contributed by atoms with van der Waals surface area (Å²) < 4.78 is 12.8. The van der Waals surface area contributed by atoms with Crippen molar-refractivity contribution in [3.63, 3.8) is 0 Å². The second-order valence-electron chi connectivity index (χ2n) is 2.91. The molecule has 0 aromatic carbocycles. The molecule has 0 aromatic rings. The normalized spacial score (nSPS) is 37.7. The van der Waals surface area contributed by atoms with Crippen molar-refractivity contribution < 1.29 is 4.39 Å². The van der Waals surface area contributed by atoms with Crippen LogP contribution in [0, 0.1) is 5.92 Å². The minimum Gasteiger partial charge on any atom is -0.303 e. The zero-order valence-electron chi connectivity index (χ0n) is 6.10. The van der Waals surface area contributed by atoms with E-state index in [0.717, 1.165) is 13.0 Å². The fraction of sp³-hybridized carbons (Fsp3) is 1.00. The van der Waals surface area contributed by atoms with Gasteiger partial charge in [-0.1, -0.05) is 6.92 Å². The van der Waals surface area contributed by atoms with Gasteiger partial charge in [-0.05, 0) is 13.5 Å². The Bertz CT molecular complexity index is 94.9. The molecule has 2 heteroatoms. The van der Waals surface area contributed by atoms with E-state index in [2.05, 4.69) is 11.8 Å². The third-order valence-corrected chi connectivity index (χ3v) is 2.07. The van der Waals surface area contributed by atoms with Crippen molar-refractivity contribution in [3.05, 3.63) is 0 Å². The van der Waals surface area contributed by atoms with E-state index < -0.39 is 6.17 Å². The Hall–Kier alpha value is -0.110. The average Bonchev–Trinajstić information content (AvgIpc) is 2.10. The highest BCUT2D eigenvalue weighted by molar-refractivity contribution is 4.80. The summed E-state index contributed by atoms with van der Waals surface area (Å²) in [5.41, 5.74) is 0. The molecule has 1 aliphatic heterocycles. The van der Waals surface area contributed by atoms with Crippen molar-refractivity contribution in [2.24, 2.45) is 5.92 Å². The Labute approximate surface area is 55.8 Å². The maximum absolute atomic E-state index is 12.8. The topological polar surface area (TPSA) is 3.24 Å². The van der Waals surface area contributed by atoms with Crippen LogP contribution in [0.4, 0.5) is 4.39 Å². The van der Waals surface area contributed by atoms with Crippen molar-refractivity contribution in [2.75, 3.05) is 20.1 Å². The van der Waals surface area contributed by atoms with Crippen LogP contribution >= 0.6 is 0 Å². The van der Waals surface area contributed by atoms with Gasteiger partial charge in [0.25, 0.3) is 0 Å². The Morgan fingerprint density at radius 3 is 2.44 bits per heavy atom. The zero-order valence-corrected chi connectivity index (χ0v) is 6.10. The average molecular weight is 131 g/mol. The summed E-state index contributed by atoms with van der Waals surface area (Å²) in [4.78, 5) is 2.05. The van der Waals surface area contributed by atoms with Crippen LogP contribution in [0.1, 0.15) is 13.3 Å². The number of hydrogen-bond acceptors (Lipinski definition) is 1. The summed E-state index contributed by atoms with van der Waals surface area (Å²) in [6.07, 6.45) is 0.408. The van der Waals surface area contributed by atoms with Gasteiger partial charge < -0.3 is 4.90 Å². The lowest BCUT2D eigenvalue weighted by Crippen LogP contribution is -2.13. The van der Waals surface area contributed by atoms with Crippen LogP contribution in [0.25, 0.3) is 0 Å². The Balaban J connectivity index is 2.38. The second-order valence-corrected chi connectivity index (χ2v) is 2.91. The second kappa shape index (κ2) is 2.65. The summed E-state index contributed by atoms with van der Waals surface area (Å²) in [6, 6.07) is 0. The molecule has 0 aliphatic carbocycles. The SMILES string of the molecule is CC[C@@H]1CN(C)C[C@H]1F. The summed E-state index contributed by atoms with van der Waals surface area (Å²) in [6.45, 7) is 3.63. The van der Waals surface area contributed by atoms with Gasteiger partial charge in [-0.3, -0.25) is 0 Å². The molecule has 0 spiro atoms. The minimum atomic E-state index is -0.569. The fourth-order valence-electron chi connectivity index (χ4n) is 1.42. The number of likely N-dealkylation sites (tertiary alicyclic amines) is 1. The monoisotopic (exact) mass is 131 g/mol. The van der Waals surface area contributed by atoms with Gasteiger partial charge in [-0.2, -0.15) is 0 Å². The maximum atomic E-state index is 12.8. The van der Waals surface area contributed by atoms with Crippen molar-refractivity contribution in [2.45, 2.75) is 19.5 Å². The Morgan fingerprint density at radius 2 is 2.22 bits per heavy atom. The lowest BCUT2D eigenvalue weighted by Gasteiger charge is -2.06. The van der Waals surface area contributed by atoms with E-state index in [1.165, 1.54) is 0 Å². The number of alkyl halides is 1. The third kappa shape index (κ3) is 1.42. The fourth-order valence-corrected chi connectivity index (χ4v) is 1.42. The molecule has 1 saturated heterocycles. The zero-order chi connectivity index (χ0) is 6.85. The van der Waals surface area contributed by atoms with Crippen LogP contribution in [0.2, 0.25) is 0 Å². The molecular weight excluding hydrogens is 117 g/mol. The molecule has 1 aliphatic rings. The van der Waals surface area contributed by atoms with Crippen LogP contribution in [0.3, 0.4) is 0 Å². The molecule has 9 heavy (non-hydrogen) atoms. The molecular formula is C7H14FN. The molecule has 0 radical (unpaired) electrons. The van der Waals surface area contributed by atoms with Crippen molar-refractivity contribution in [3.8, 4) is 0 Å². The maximum Gasteiger partial charge on any atom is 0.117 e. The molecule has 0 aromatic heterocycles. The van der Waals surface area contributed by atoms with E-state index in [0.29, 0.717) is 12.5 Å². The molecule has 1 fully saturated rings. The first kappa shape index (κ1) is 7.00. The number of hydrogen-bond donors (Lipinski definition) is 0. The molecule has 0 saturated carbocycles. The Kier molecular flexibility index (Phi) is 2.06. The molecule has 0 bridgehead atoms. The van der Waals surface area contributed by atoms with Gasteiger partial charge in [-0.25, -0.2) is 4.39 Å². The molecule has 2 atom stereocenters. The van der Waals surface area contributed by atoms with E-state index >= 15 is 0 Å². The standard InChI is InChI=1S/C7H14FN/c1-3-6-4-9(2)5-7(6)8/h6-7H,3-5H2,1-2H3/t6-,7-/m1/s1. The summed E-state index contributed by atoms with van der Waals surface area (Å²) in [5.74, 6) is 0.301. The minimum absolute atomic E-state index is 0.301. The highest BCUT2D eigenvalue weighted by Crippen LogP contribution is 2.20. The van der Waals surface area contributed by atoms with Crippen molar-refractivity contribution in [1.29, 1.82) is 0 Å². The van der Waals surface area contributed by atoms with Gasteiger partial charge in [0.15, 0.2) is 0 Å². The highest BCUT2D eigenvalue weighted by atomic mass is 19.1. The van der Waals surface area contributed by atoms with Gasteiger partial charge in [0, 0.05) is 19.0 Å². The number of nitrogens with zero attached hydrogens (tertiary/aromatic N) is 1. The summed E-state index contributed by atoms with van der Waals surface area (Å²) in [5, 5.41) is 0. The molecule has 54 valence electrons. The predicted octanol–water partition coefficient (Wildman–Crippen LogP) is 1.30. The molecule has 0 amide bonds. The Morgan fingerprint density at radius 1 is 1.56 bits per heavy atom. The van der Waals surface area contributed by atoms with E-state index in [1.807, 2.05) is 7.05 Å². The number of halogens is 1. The first-order valence-electron chi connectivity index (χ1n) is 3.56. The summed E-state index contributed by atoms with van der Waals surface area (Å²) >= 11 is 0. The first-order valence-corrected chi connectivity index (χ1v) is 3.56. The summed E-state index contributed by atoms with van der Waals surface area (Å²) in [7, 11) is 1.97. The van der Waals surface area contributed by atoms with Gasteiger partial charge >= 0.3 is 0 Å². The largest absolute Gasteiger partial charge is 0.303 e. The van der Waals surface area contributed by atoms with E-state index in [1.54, 1.807) is 0 Å². The molecule has 1 rings (SSSR count). The molecule has 0 N–H and O–H groups in total. The van der Waals surface area contributed by atoms with Gasteiger partial charge in [0.05, 0.1) is 0 Å². The van der Waals surface area contributed by atoms with Crippen LogP contribution in [-0.2, 0) is 0 Å². The van der Waals surface area contributed by atoms with E-state index in [9.17, 15) is 4.39 Å². The van der Waals surface area contributed by atoms with E-state index in [-0.39, 0.29) is 0 Å². The van der Waals surface area contributed by atoms with E-state index in [4.69, 9.17) is 0 Å². The first-order chi connectivity index (χ1) is 4.24. The molecule has 1 nitrogen and oxygen atoms in total. The highest BCUT2D eigenvalue weighted by Gasteiger charge is 2.28. The van der Waals surface area contributed by atoms with Crippen molar-refractivity contribution >= 4 is 0 Å². The predicted molar refractivity (Wildman–Crippen MR) is 36.2 cm³/mol. The van der Waals surface area contributed by atoms with Crippen LogP contribution < -0.4 is 0 Å². The third-order valence-electron chi connectivity index (χ3n) is 2.07. The van der Waals surface area contributed by atoms with Crippen molar-refractivity contribution in [1.82, 2.24) is 4.90 Å². The van der Waals surface area contributed by atoms with Crippen LogP contribution in [0.15, 0.2) is 0 Å². The van der Waals surface area contributed by atoms with Gasteiger partial charge in [-0.15, -0.1) is 0 Å².